The molecule has 2 N–H and O–H groups in total. The van der Waals surface area contributed by atoms with Crippen LogP contribution in [0.5, 0.6) is 0 Å². The highest BCUT2D eigenvalue weighted by Crippen LogP contribution is 2.19. The van der Waals surface area contributed by atoms with Crippen LogP contribution in [0.3, 0.4) is 0 Å². The quantitative estimate of drug-likeness (QED) is 0.591. The molecule has 0 saturated carbocycles. The minimum absolute atomic E-state index is 0. The van der Waals surface area contributed by atoms with Crippen molar-refractivity contribution in [1.82, 2.24) is 5.32 Å². The van der Waals surface area contributed by atoms with Gasteiger partial charge < -0.3 is 10.4 Å². The maximum atomic E-state index is 11.4. The molecule has 0 fully saturated rings. The summed E-state index contributed by atoms with van der Waals surface area (Å²) >= 11 is 0. The molecule has 0 aromatic carbocycles. The van der Waals surface area contributed by atoms with Crippen LogP contribution in [-0.4, -0.2) is 29.9 Å². The van der Waals surface area contributed by atoms with Crippen LogP contribution >= 0.6 is 0 Å². The third-order valence-corrected chi connectivity index (χ3v) is 3.50. The lowest BCUT2D eigenvalue weighted by Gasteiger charge is -2.22. The van der Waals surface area contributed by atoms with E-state index in [4.69, 9.17) is 5.11 Å². The van der Waals surface area contributed by atoms with E-state index in [1.807, 2.05) is 48.5 Å². The van der Waals surface area contributed by atoms with Crippen molar-refractivity contribution in [3.8, 4) is 0 Å². The Labute approximate surface area is 158 Å². The fourth-order valence-electron chi connectivity index (χ4n) is 1.59. The maximum absolute atomic E-state index is 11.4. The van der Waals surface area contributed by atoms with Crippen LogP contribution in [0.25, 0.3) is 0 Å². The van der Waals surface area contributed by atoms with Gasteiger partial charge in [-0.1, -0.05) is 69.7 Å². The van der Waals surface area contributed by atoms with Gasteiger partial charge in [-0.15, -0.1) is 0 Å². The molecule has 0 aromatic heterocycles. The first-order chi connectivity index (χ1) is 11.1. The van der Waals surface area contributed by atoms with E-state index in [1.54, 1.807) is 0 Å². The molecule has 0 aromatic rings. The normalized spacial score (nSPS) is 10.1. The second kappa shape index (κ2) is 19.4. The Bertz CT molecular complexity index is 310. The average Bonchev–Trinajstić information content (AvgIpc) is 2.52. The summed E-state index contributed by atoms with van der Waals surface area (Å²) in [5.41, 5.74) is -0.441. The zero-order valence-electron chi connectivity index (χ0n) is 17.7. The van der Waals surface area contributed by atoms with Crippen LogP contribution < -0.4 is 5.32 Å². The summed E-state index contributed by atoms with van der Waals surface area (Å²) in [4.78, 5) is 22.4. The van der Waals surface area contributed by atoms with Gasteiger partial charge in [-0.3, -0.25) is 9.59 Å². The zero-order valence-corrected chi connectivity index (χ0v) is 17.7. The molecule has 0 rings (SSSR count). The number of ketones is 1. The summed E-state index contributed by atoms with van der Waals surface area (Å²) in [6.07, 6.45) is 3.26. The molecule has 0 aliphatic carbocycles. The summed E-state index contributed by atoms with van der Waals surface area (Å²) in [6.45, 7) is 18.7. The van der Waals surface area contributed by atoms with Gasteiger partial charge in [0.25, 0.3) is 0 Å². The molecule has 0 saturated heterocycles. The maximum Gasteiger partial charge on any atom is 0.225 e. The predicted molar refractivity (Wildman–Crippen MR) is 111 cm³/mol. The van der Waals surface area contributed by atoms with Crippen LogP contribution in [0, 0.1) is 17.3 Å². The van der Waals surface area contributed by atoms with Gasteiger partial charge in [0, 0.05) is 30.9 Å². The number of nitrogens with one attached hydrogen (secondary N) is 1. The van der Waals surface area contributed by atoms with Crippen molar-refractivity contribution < 1.29 is 14.7 Å². The molecule has 0 unspecified atom stereocenters. The highest BCUT2D eigenvalue weighted by Gasteiger charge is 2.25. The van der Waals surface area contributed by atoms with Crippen molar-refractivity contribution in [3.63, 3.8) is 0 Å². The third-order valence-electron chi connectivity index (χ3n) is 3.50. The second-order valence-corrected chi connectivity index (χ2v) is 7.17. The molecule has 0 aliphatic rings. The molecule has 0 heterocycles. The number of rotatable bonds is 9. The molecule has 0 radical (unpaired) electrons. The standard InChI is InChI=1S/C9H19NO2.C9H18O.C2H6.CH4/c1-4-6-10-8(12)9(2,3)5-7-11;1-7(2)5-6-9(10)8(3)4;1-2;/h11H,4-7H2,1-3H3,(H,10,12);7-8H,5-6H2,1-4H3;1-2H3;1H4. The molecule has 154 valence electrons. The molecule has 0 spiro atoms. The van der Waals surface area contributed by atoms with E-state index in [-0.39, 0.29) is 25.9 Å². The van der Waals surface area contributed by atoms with Crippen molar-refractivity contribution in [3.05, 3.63) is 0 Å². The molecular weight excluding hydrogens is 314 g/mol. The van der Waals surface area contributed by atoms with Gasteiger partial charge in [-0.2, -0.15) is 0 Å². The van der Waals surface area contributed by atoms with Crippen LogP contribution in [0.4, 0.5) is 0 Å². The second-order valence-electron chi connectivity index (χ2n) is 7.17. The number of Topliss-reactive ketones (excluding diaryl/α,β-unsaturated/α-hetero) is 1. The summed E-state index contributed by atoms with van der Waals surface area (Å²) in [5.74, 6) is 1.30. The van der Waals surface area contributed by atoms with Gasteiger partial charge in [-0.05, 0) is 25.2 Å². The van der Waals surface area contributed by atoms with E-state index in [9.17, 15) is 9.59 Å². The first-order valence-corrected chi connectivity index (χ1v) is 9.50. The average molecular weight is 362 g/mol. The van der Waals surface area contributed by atoms with Crippen LogP contribution in [0.2, 0.25) is 0 Å². The van der Waals surface area contributed by atoms with E-state index in [2.05, 4.69) is 19.2 Å². The van der Waals surface area contributed by atoms with Crippen molar-refractivity contribution in [2.75, 3.05) is 13.2 Å². The number of hydrogen-bond acceptors (Lipinski definition) is 3. The molecule has 4 nitrogen and oxygen atoms in total. The van der Waals surface area contributed by atoms with E-state index in [0.717, 1.165) is 19.3 Å². The molecule has 0 atom stereocenters. The predicted octanol–water partition coefficient (Wildman–Crippen LogP) is 5.23. The number of aliphatic hydroxyl groups excluding tert-OH is 1. The van der Waals surface area contributed by atoms with Crippen molar-refractivity contribution >= 4 is 11.7 Å². The molecule has 0 aliphatic heterocycles. The van der Waals surface area contributed by atoms with Crippen molar-refractivity contribution in [2.45, 2.75) is 95.4 Å². The van der Waals surface area contributed by atoms with Gasteiger partial charge in [0.1, 0.15) is 5.78 Å². The first-order valence-electron chi connectivity index (χ1n) is 9.50. The van der Waals surface area contributed by atoms with Crippen molar-refractivity contribution in [2.24, 2.45) is 17.3 Å². The third kappa shape index (κ3) is 21.1. The lowest BCUT2D eigenvalue weighted by Crippen LogP contribution is -2.37. The summed E-state index contributed by atoms with van der Waals surface area (Å²) < 4.78 is 0. The zero-order chi connectivity index (χ0) is 19.8. The highest BCUT2D eigenvalue weighted by atomic mass is 16.3. The van der Waals surface area contributed by atoms with Gasteiger partial charge in [0.2, 0.25) is 5.91 Å². The van der Waals surface area contributed by atoms with E-state index >= 15 is 0 Å². The number of carbonyl (C=O) groups is 2. The summed E-state index contributed by atoms with van der Waals surface area (Å²) in [7, 11) is 0. The Balaban J connectivity index is -0.000000156. The van der Waals surface area contributed by atoms with E-state index in [1.165, 1.54) is 0 Å². The Morgan fingerprint density at radius 2 is 1.56 bits per heavy atom. The summed E-state index contributed by atoms with van der Waals surface area (Å²) in [5, 5.41) is 11.5. The number of carbonyl (C=O) groups excluding carboxylic acids is 2. The number of amides is 1. The fraction of sp³-hybridized carbons (Fsp3) is 0.905. The molecule has 25 heavy (non-hydrogen) atoms. The van der Waals surface area contributed by atoms with E-state index < -0.39 is 5.41 Å². The van der Waals surface area contributed by atoms with E-state index in [0.29, 0.717) is 24.7 Å². The topological polar surface area (TPSA) is 66.4 Å². The Morgan fingerprint density at radius 3 is 1.88 bits per heavy atom. The number of hydrogen-bond donors (Lipinski definition) is 2. The molecule has 1 amide bonds. The van der Waals surface area contributed by atoms with Crippen LogP contribution in [-0.2, 0) is 9.59 Å². The smallest absolute Gasteiger partial charge is 0.225 e. The fourth-order valence-corrected chi connectivity index (χ4v) is 1.59. The van der Waals surface area contributed by atoms with Crippen LogP contribution in [0.1, 0.15) is 95.4 Å². The SMILES string of the molecule is C.CC.CC(C)CCC(=O)C(C)C.CCCNC(=O)C(C)(C)CCO. The largest absolute Gasteiger partial charge is 0.396 e. The Kier molecular flexibility index (Phi) is 24.7. The lowest BCUT2D eigenvalue weighted by molar-refractivity contribution is -0.130. The molecule has 0 bridgehead atoms. The lowest BCUT2D eigenvalue weighted by atomic mass is 9.89. The summed E-state index contributed by atoms with van der Waals surface area (Å²) in [6, 6.07) is 0. The van der Waals surface area contributed by atoms with Crippen molar-refractivity contribution in [1.29, 1.82) is 0 Å². The minimum atomic E-state index is -0.441. The Morgan fingerprint density at radius 1 is 1.08 bits per heavy atom. The van der Waals surface area contributed by atoms with Crippen LogP contribution in [0.15, 0.2) is 0 Å². The minimum Gasteiger partial charge on any atom is -0.396 e. The molecule has 4 heteroatoms. The molecular formula is C21H47NO3. The van der Waals surface area contributed by atoms with Gasteiger partial charge in [-0.25, -0.2) is 0 Å². The van der Waals surface area contributed by atoms with Gasteiger partial charge in [0.05, 0.1) is 0 Å². The van der Waals surface area contributed by atoms with Gasteiger partial charge in [0.15, 0.2) is 0 Å². The number of aliphatic hydroxyl groups is 1. The van der Waals surface area contributed by atoms with Gasteiger partial charge >= 0.3 is 0 Å². The highest BCUT2D eigenvalue weighted by molar-refractivity contribution is 5.81. The monoisotopic (exact) mass is 361 g/mol. The first kappa shape index (κ1) is 31.8. The Hall–Kier alpha value is -0.900.